The summed E-state index contributed by atoms with van der Waals surface area (Å²) in [7, 11) is 0. The number of hydrogen-bond donors (Lipinski definition) is 0. The lowest BCUT2D eigenvalue weighted by molar-refractivity contribution is -0.385. The van der Waals surface area contributed by atoms with Crippen molar-refractivity contribution in [1.29, 1.82) is 5.26 Å². The molecule has 0 N–H and O–H groups in total. The smallest absolute Gasteiger partial charge is 0.312 e. The molecule has 7 nitrogen and oxygen atoms in total. The van der Waals surface area contributed by atoms with Gasteiger partial charge >= 0.3 is 5.69 Å². The van der Waals surface area contributed by atoms with E-state index in [1.165, 1.54) is 18.2 Å². The molecule has 8 heteroatoms. The molecular formula is C18H13ClN4O3. The Hall–Kier alpha value is -3.37. The van der Waals surface area contributed by atoms with Gasteiger partial charge < -0.3 is 4.74 Å². The topological polar surface area (TPSA) is 94.0 Å². The number of nitrogens with zero attached hydrogens (tertiary/aromatic N) is 4. The van der Waals surface area contributed by atoms with E-state index < -0.39 is 4.92 Å². The third-order valence-electron chi connectivity index (χ3n) is 3.75. The van der Waals surface area contributed by atoms with Crippen LogP contribution in [-0.4, -0.2) is 14.7 Å². The van der Waals surface area contributed by atoms with Crippen LogP contribution in [-0.2, 0) is 6.61 Å². The number of aromatic nitrogens is 2. The molecule has 1 heterocycles. The van der Waals surface area contributed by atoms with E-state index in [1.807, 2.05) is 30.3 Å². The number of para-hydroxylation sites is 1. The fraction of sp³-hybridized carbons (Fsp3) is 0.111. The van der Waals surface area contributed by atoms with Gasteiger partial charge in [0.25, 0.3) is 0 Å². The molecule has 0 atom stereocenters. The first-order valence-electron chi connectivity index (χ1n) is 7.62. The Bertz CT molecular complexity index is 1010. The zero-order valence-electron chi connectivity index (χ0n) is 13.7. The van der Waals surface area contributed by atoms with Crippen molar-refractivity contribution in [2.45, 2.75) is 13.5 Å². The van der Waals surface area contributed by atoms with Crippen LogP contribution < -0.4 is 4.74 Å². The molecule has 0 aliphatic carbocycles. The minimum atomic E-state index is -0.563. The molecule has 0 bridgehead atoms. The Balaban J connectivity index is 1.99. The lowest BCUT2D eigenvalue weighted by Gasteiger charge is -2.10. The predicted molar refractivity (Wildman–Crippen MR) is 95.5 cm³/mol. The summed E-state index contributed by atoms with van der Waals surface area (Å²) in [4.78, 5) is 10.6. The molecule has 0 saturated carbocycles. The van der Waals surface area contributed by atoms with Gasteiger partial charge in [0, 0.05) is 11.1 Å². The minimum absolute atomic E-state index is 0.0545. The van der Waals surface area contributed by atoms with Gasteiger partial charge in [0.2, 0.25) is 0 Å². The van der Waals surface area contributed by atoms with Crippen LogP contribution in [0.15, 0.2) is 48.5 Å². The zero-order chi connectivity index (χ0) is 18.7. The van der Waals surface area contributed by atoms with Gasteiger partial charge in [-0.25, -0.2) is 4.68 Å². The number of nitro groups is 1. The number of rotatable bonds is 5. The minimum Gasteiger partial charge on any atom is -0.480 e. The first-order valence-corrected chi connectivity index (χ1v) is 8.00. The van der Waals surface area contributed by atoms with Crippen LogP contribution in [0.2, 0.25) is 5.02 Å². The van der Waals surface area contributed by atoms with Crippen LogP contribution in [0.25, 0.3) is 5.69 Å². The van der Waals surface area contributed by atoms with E-state index >= 15 is 0 Å². The van der Waals surface area contributed by atoms with Gasteiger partial charge in [-0.05, 0) is 31.2 Å². The Labute approximate surface area is 154 Å². The van der Waals surface area contributed by atoms with Crippen molar-refractivity contribution in [3.8, 4) is 17.5 Å². The second-order valence-electron chi connectivity index (χ2n) is 5.42. The lowest BCUT2D eigenvalue weighted by Crippen LogP contribution is -2.07. The fourth-order valence-electron chi connectivity index (χ4n) is 2.54. The van der Waals surface area contributed by atoms with Crippen LogP contribution in [0.4, 0.5) is 5.69 Å². The van der Waals surface area contributed by atoms with Crippen LogP contribution in [0, 0.1) is 28.4 Å². The molecule has 0 unspecified atom stereocenters. The average molecular weight is 369 g/mol. The second-order valence-corrected chi connectivity index (χ2v) is 5.86. The van der Waals surface area contributed by atoms with Gasteiger partial charge in [-0.15, -0.1) is 0 Å². The van der Waals surface area contributed by atoms with Crippen molar-refractivity contribution in [1.82, 2.24) is 9.78 Å². The molecule has 0 aliphatic heterocycles. The normalized spacial score (nSPS) is 10.3. The first kappa shape index (κ1) is 17.5. The number of halogens is 1. The quantitative estimate of drug-likeness (QED) is 0.497. The average Bonchev–Trinajstić information content (AvgIpc) is 2.96. The summed E-state index contributed by atoms with van der Waals surface area (Å²) in [5.41, 5.74) is 1.98. The molecule has 0 aliphatic rings. The molecule has 0 fully saturated rings. The summed E-state index contributed by atoms with van der Waals surface area (Å²) in [5.74, 6) is 0.0711. The van der Waals surface area contributed by atoms with E-state index in [0.717, 1.165) is 5.69 Å². The van der Waals surface area contributed by atoms with Crippen LogP contribution in [0.5, 0.6) is 5.75 Å². The van der Waals surface area contributed by atoms with Crippen molar-refractivity contribution in [3.63, 3.8) is 0 Å². The van der Waals surface area contributed by atoms with Gasteiger partial charge in [0.05, 0.1) is 22.0 Å². The second kappa shape index (κ2) is 7.25. The van der Waals surface area contributed by atoms with Crippen molar-refractivity contribution >= 4 is 17.3 Å². The highest BCUT2D eigenvalue weighted by Crippen LogP contribution is 2.31. The Morgan fingerprint density at radius 1 is 1.31 bits per heavy atom. The van der Waals surface area contributed by atoms with E-state index in [4.69, 9.17) is 16.3 Å². The molecule has 0 spiro atoms. The van der Waals surface area contributed by atoms with Crippen LogP contribution >= 0.6 is 11.6 Å². The van der Waals surface area contributed by atoms with Crippen molar-refractivity contribution < 1.29 is 9.66 Å². The number of benzene rings is 2. The highest BCUT2D eigenvalue weighted by Gasteiger charge is 2.20. The van der Waals surface area contributed by atoms with Gasteiger partial charge in [-0.2, -0.15) is 10.4 Å². The molecule has 130 valence electrons. The van der Waals surface area contributed by atoms with Crippen LogP contribution in [0.1, 0.15) is 17.0 Å². The first-order chi connectivity index (χ1) is 12.5. The highest BCUT2D eigenvalue weighted by atomic mass is 35.5. The van der Waals surface area contributed by atoms with E-state index in [1.54, 1.807) is 11.6 Å². The maximum Gasteiger partial charge on any atom is 0.312 e. The van der Waals surface area contributed by atoms with Crippen molar-refractivity contribution in [2.75, 3.05) is 0 Å². The van der Waals surface area contributed by atoms with E-state index in [-0.39, 0.29) is 23.1 Å². The molecule has 3 rings (SSSR count). The summed E-state index contributed by atoms with van der Waals surface area (Å²) < 4.78 is 7.25. The predicted octanol–water partition coefficient (Wildman–Crippen LogP) is 4.19. The summed E-state index contributed by atoms with van der Waals surface area (Å²) in [5, 5.41) is 25.3. The molecule has 26 heavy (non-hydrogen) atoms. The number of hydrogen-bond acceptors (Lipinski definition) is 5. The van der Waals surface area contributed by atoms with Crippen molar-refractivity contribution in [2.24, 2.45) is 0 Å². The third kappa shape index (κ3) is 3.36. The fourth-order valence-corrected chi connectivity index (χ4v) is 2.70. The van der Waals surface area contributed by atoms with Gasteiger partial charge in [-0.3, -0.25) is 10.1 Å². The standard InChI is InChI=1S/C18H13ClN4O3/c1-12-15(10-20)17(22(21-12)14-5-3-2-4-6-14)11-26-18-8-7-13(19)9-16(18)23(24)25/h2-9H,11H2,1H3. The summed E-state index contributed by atoms with van der Waals surface area (Å²) in [6, 6.07) is 15.6. The maximum atomic E-state index is 11.2. The lowest BCUT2D eigenvalue weighted by atomic mass is 10.2. The van der Waals surface area contributed by atoms with Gasteiger partial charge in [0.15, 0.2) is 5.75 Å². The largest absolute Gasteiger partial charge is 0.480 e. The number of nitro benzene ring substituents is 1. The monoisotopic (exact) mass is 368 g/mol. The molecule has 0 saturated heterocycles. The molecule has 0 amide bonds. The molecule has 3 aromatic rings. The van der Waals surface area contributed by atoms with Gasteiger partial charge in [0.1, 0.15) is 18.2 Å². The van der Waals surface area contributed by atoms with E-state index in [9.17, 15) is 15.4 Å². The zero-order valence-corrected chi connectivity index (χ0v) is 14.5. The van der Waals surface area contributed by atoms with Gasteiger partial charge in [-0.1, -0.05) is 29.8 Å². The summed E-state index contributed by atoms with van der Waals surface area (Å²) in [6.07, 6.45) is 0. The number of nitriles is 1. The summed E-state index contributed by atoms with van der Waals surface area (Å²) in [6.45, 7) is 1.67. The Morgan fingerprint density at radius 3 is 2.69 bits per heavy atom. The Kier molecular flexibility index (Phi) is 4.87. The number of aryl methyl sites for hydroxylation is 1. The highest BCUT2D eigenvalue weighted by molar-refractivity contribution is 6.30. The molecule has 1 aromatic heterocycles. The maximum absolute atomic E-state index is 11.2. The summed E-state index contributed by atoms with van der Waals surface area (Å²) >= 11 is 5.82. The molecular weight excluding hydrogens is 356 g/mol. The SMILES string of the molecule is Cc1nn(-c2ccccc2)c(COc2ccc(Cl)cc2[N+](=O)[O-])c1C#N. The molecule has 0 radical (unpaired) electrons. The molecule has 2 aromatic carbocycles. The van der Waals surface area contributed by atoms with E-state index in [0.29, 0.717) is 17.0 Å². The van der Waals surface area contributed by atoms with Crippen molar-refractivity contribution in [3.05, 3.63) is 80.6 Å². The van der Waals surface area contributed by atoms with Crippen LogP contribution in [0.3, 0.4) is 0 Å². The third-order valence-corrected chi connectivity index (χ3v) is 3.99. The number of ether oxygens (including phenoxy) is 1. The van der Waals surface area contributed by atoms with E-state index in [2.05, 4.69) is 11.2 Å². The Morgan fingerprint density at radius 2 is 2.04 bits per heavy atom.